The van der Waals surface area contributed by atoms with Crippen molar-refractivity contribution in [3.05, 3.63) is 41.5 Å². The molecule has 2 aromatic carbocycles. The van der Waals surface area contributed by atoms with Crippen LogP contribution in [0.5, 0.6) is 28.7 Å². The van der Waals surface area contributed by atoms with Crippen LogP contribution in [-0.2, 0) is 6.42 Å². The van der Waals surface area contributed by atoms with Crippen molar-refractivity contribution in [2.75, 3.05) is 0 Å². The van der Waals surface area contributed by atoms with Gasteiger partial charge in [-0.3, -0.25) is 0 Å². The Morgan fingerprint density at radius 2 is 1.50 bits per heavy atom. The summed E-state index contributed by atoms with van der Waals surface area (Å²) in [5.41, 5.74) is 1.31. The molecule has 5 heteroatoms. The van der Waals surface area contributed by atoms with Crippen LogP contribution >= 0.6 is 0 Å². The van der Waals surface area contributed by atoms with Crippen molar-refractivity contribution in [3.63, 3.8) is 0 Å². The minimum absolute atomic E-state index is 0.0113. The molecule has 0 amide bonds. The topological polar surface area (TPSA) is 90.2 Å². The van der Waals surface area contributed by atoms with Crippen LogP contribution in [0.15, 0.2) is 30.3 Å². The van der Waals surface area contributed by atoms with Crippen LogP contribution in [0.3, 0.4) is 0 Å². The number of rotatable bonds is 1. The van der Waals surface area contributed by atoms with E-state index < -0.39 is 0 Å². The number of phenols is 4. The van der Waals surface area contributed by atoms with Crippen LogP contribution in [0.4, 0.5) is 0 Å². The van der Waals surface area contributed by atoms with E-state index in [0.29, 0.717) is 29.7 Å². The highest BCUT2D eigenvalue weighted by atomic mass is 16.5. The first-order valence-electron chi connectivity index (χ1n) is 6.27. The normalized spacial score (nSPS) is 17.3. The van der Waals surface area contributed by atoms with Gasteiger partial charge >= 0.3 is 0 Å². The summed E-state index contributed by atoms with van der Waals surface area (Å²) in [6.07, 6.45) is 0.846. The molecule has 0 aromatic heterocycles. The van der Waals surface area contributed by atoms with Crippen molar-refractivity contribution in [2.45, 2.75) is 18.9 Å². The van der Waals surface area contributed by atoms with Gasteiger partial charge in [0.25, 0.3) is 0 Å². The standard InChI is InChI=1S/C15H14O5/c16-9-3-8(4-10(17)5-9)14-2-1-12-13(19)6-11(18)7-15(12)20-14/h3-7,14,16-19H,1-2H2/t14-/m1/s1. The predicted octanol–water partition coefficient (Wildman–Crippen LogP) is 2.58. The largest absolute Gasteiger partial charge is 0.508 e. The maximum absolute atomic E-state index is 9.76. The molecule has 104 valence electrons. The molecule has 0 saturated heterocycles. The molecule has 5 nitrogen and oxygen atoms in total. The second-order valence-electron chi connectivity index (χ2n) is 4.87. The molecular formula is C15H14O5. The summed E-state index contributed by atoms with van der Waals surface area (Å²) in [5.74, 6) is 0.292. The lowest BCUT2D eigenvalue weighted by atomic mass is 9.96. The Morgan fingerprint density at radius 3 is 2.20 bits per heavy atom. The fourth-order valence-electron chi connectivity index (χ4n) is 2.50. The highest BCUT2D eigenvalue weighted by Gasteiger charge is 2.25. The van der Waals surface area contributed by atoms with Crippen molar-refractivity contribution in [1.82, 2.24) is 0 Å². The van der Waals surface area contributed by atoms with Gasteiger partial charge in [0.2, 0.25) is 0 Å². The molecule has 1 aliphatic heterocycles. The van der Waals surface area contributed by atoms with Gasteiger partial charge in [-0.15, -0.1) is 0 Å². The van der Waals surface area contributed by atoms with Crippen molar-refractivity contribution in [1.29, 1.82) is 0 Å². The molecule has 3 rings (SSSR count). The van der Waals surface area contributed by atoms with Crippen LogP contribution < -0.4 is 4.74 Å². The Bertz CT molecular complexity index is 645. The van der Waals surface area contributed by atoms with Gasteiger partial charge in [-0.25, -0.2) is 0 Å². The van der Waals surface area contributed by atoms with Crippen molar-refractivity contribution >= 4 is 0 Å². The van der Waals surface area contributed by atoms with Crippen LogP contribution in [0.25, 0.3) is 0 Å². The zero-order valence-electron chi connectivity index (χ0n) is 10.6. The third kappa shape index (κ3) is 2.18. The monoisotopic (exact) mass is 274 g/mol. The van der Waals surface area contributed by atoms with Gasteiger partial charge in [0.1, 0.15) is 34.9 Å². The van der Waals surface area contributed by atoms with Crippen LogP contribution in [0, 0.1) is 0 Å². The van der Waals surface area contributed by atoms with E-state index in [1.807, 2.05) is 0 Å². The Hall–Kier alpha value is -2.56. The molecular weight excluding hydrogens is 260 g/mol. The molecule has 0 radical (unpaired) electrons. The number of aromatic hydroxyl groups is 4. The lowest BCUT2D eigenvalue weighted by molar-refractivity contribution is 0.173. The molecule has 2 aromatic rings. The maximum atomic E-state index is 9.76. The van der Waals surface area contributed by atoms with E-state index in [1.165, 1.54) is 30.3 Å². The Kier molecular flexibility index (Phi) is 2.82. The summed E-state index contributed by atoms with van der Waals surface area (Å²) >= 11 is 0. The summed E-state index contributed by atoms with van der Waals surface area (Å²) in [6, 6.07) is 7.03. The zero-order chi connectivity index (χ0) is 14.3. The van der Waals surface area contributed by atoms with Crippen LogP contribution in [0.1, 0.15) is 23.7 Å². The Morgan fingerprint density at radius 1 is 0.850 bits per heavy atom. The SMILES string of the molecule is Oc1cc(O)cc([C@H]2CCc3c(O)cc(O)cc3O2)c1. The lowest BCUT2D eigenvalue weighted by Crippen LogP contribution is -2.15. The minimum atomic E-state index is -0.346. The minimum Gasteiger partial charge on any atom is -0.508 e. The first-order chi connectivity index (χ1) is 9.52. The van der Waals surface area contributed by atoms with Crippen molar-refractivity contribution < 1.29 is 25.2 Å². The smallest absolute Gasteiger partial charge is 0.130 e. The Labute approximate surface area is 115 Å². The number of hydrogen-bond donors (Lipinski definition) is 4. The molecule has 0 fully saturated rings. The molecule has 0 bridgehead atoms. The van der Waals surface area contributed by atoms with Crippen LogP contribution in [0.2, 0.25) is 0 Å². The number of phenolic OH excluding ortho intramolecular Hbond substituents is 4. The third-order valence-electron chi connectivity index (χ3n) is 3.39. The average molecular weight is 274 g/mol. The van der Waals surface area contributed by atoms with E-state index in [9.17, 15) is 20.4 Å². The highest BCUT2D eigenvalue weighted by Crippen LogP contribution is 2.42. The van der Waals surface area contributed by atoms with Crippen molar-refractivity contribution in [3.8, 4) is 28.7 Å². The van der Waals surface area contributed by atoms with Gasteiger partial charge < -0.3 is 25.2 Å². The molecule has 1 atom stereocenters. The van der Waals surface area contributed by atoms with E-state index in [4.69, 9.17) is 4.74 Å². The zero-order valence-corrected chi connectivity index (χ0v) is 10.6. The molecule has 4 N–H and O–H groups in total. The molecule has 0 spiro atoms. The fourth-order valence-corrected chi connectivity index (χ4v) is 2.50. The quantitative estimate of drug-likeness (QED) is 0.641. The second kappa shape index (κ2) is 4.52. The average Bonchev–Trinajstić information content (AvgIpc) is 2.36. The van der Waals surface area contributed by atoms with Gasteiger partial charge in [0.05, 0.1) is 0 Å². The summed E-state index contributed by atoms with van der Waals surface area (Å²) in [6.45, 7) is 0. The third-order valence-corrected chi connectivity index (χ3v) is 3.39. The lowest BCUT2D eigenvalue weighted by Gasteiger charge is -2.27. The molecule has 20 heavy (non-hydrogen) atoms. The molecule has 0 unspecified atom stereocenters. The molecule has 1 aliphatic rings. The summed E-state index contributed by atoms with van der Waals surface area (Å²) < 4.78 is 5.75. The van der Waals surface area contributed by atoms with E-state index in [0.717, 1.165) is 0 Å². The molecule has 1 heterocycles. The van der Waals surface area contributed by atoms with E-state index in [-0.39, 0.29) is 29.1 Å². The maximum Gasteiger partial charge on any atom is 0.130 e. The molecule has 0 saturated carbocycles. The van der Waals surface area contributed by atoms with E-state index >= 15 is 0 Å². The summed E-state index contributed by atoms with van der Waals surface area (Å²) in [4.78, 5) is 0. The van der Waals surface area contributed by atoms with E-state index in [1.54, 1.807) is 0 Å². The number of benzene rings is 2. The first kappa shape index (κ1) is 12.5. The van der Waals surface area contributed by atoms with Gasteiger partial charge in [-0.1, -0.05) is 0 Å². The first-order valence-corrected chi connectivity index (χ1v) is 6.27. The summed E-state index contributed by atoms with van der Waals surface area (Å²) in [7, 11) is 0. The van der Waals surface area contributed by atoms with Gasteiger partial charge in [0.15, 0.2) is 0 Å². The number of ether oxygens (including phenoxy) is 1. The highest BCUT2D eigenvalue weighted by molar-refractivity contribution is 5.51. The van der Waals surface area contributed by atoms with Crippen molar-refractivity contribution in [2.24, 2.45) is 0 Å². The van der Waals surface area contributed by atoms with Gasteiger partial charge in [-0.2, -0.15) is 0 Å². The van der Waals surface area contributed by atoms with E-state index in [2.05, 4.69) is 0 Å². The van der Waals surface area contributed by atoms with Gasteiger partial charge in [0, 0.05) is 23.8 Å². The van der Waals surface area contributed by atoms with Gasteiger partial charge in [-0.05, 0) is 30.5 Å². The fraction of sp³-hybridized carbons (Fsp3) is 0.200. The second-order valence-corrected chi connectivity index (χ2v) is 4.87. The number of fused-ring (bicyclic) bond motifs is 1. The summed E-state index contributed by atoms with van der Waals surface area (Å²) in [5, 5.41) is 38.3. The molecule has 0 aliphatic carbocycles. The van der Waals surface area contributed by atoms with Crippen LogP contribution in [-0.4, -0.2) is 20.4 Å². The number of hydrogen-bond acceptors (Lipinski definition) is 5. The Balaban J connectivity index is 1.95. The predicted molar refractivity (Wildman–Crippen MR) is 71.2 cm³/mol.